The Bertz CT molecular complexity index is 247. The summed E-state index contributed by atoms with van der Waals surface area (Å²) in [5.41, 5.74) is 0. The summed E-state index contributed by atoms with van der Waals surface area (Å²) in [6, 6.07) is 0. The average Bonchev–Trinajstić information content (AvgIpc) is 2.01. The van der Waals surface area contributed by atoms with Crippen LogP contribution in [-0.4, -0.2) is 43.7 Å². The molecule has 0 aliphatic carbocycles. The monoisotopic (exact) mass is 238 g/mol. The normalized spacial score (nSPS) is 16.6. The molecule has 0 amide bonds. The van der Waals surface area contributed by atoms with Gasteiger partial charge in [-0.05, 0) is 12.5 Å². The topological polar surface area (TPSA) is 55.8 Å². The first-order valence-electron chi connectivity index (χ1n) is 4.88. The molecule has 0 fully saturated rings. The highest BCUT2D eigenvalue weighted by Crippen LogP contribution is 2.43. The largest absolute Gasteiger partial charge is 0.527 e. The van der Waals surface area contributed by atoms with Crippen molar-refractivity contribution in [2.45, 2.75) is 13.3 Å². The van der Waals surface area contributed by atoms with Crippen LogP contribution >= 0.6 is 7.82 Å². The molecule has 0 aromatic rings. The van der Waals surface area contributed by atoms with Gasteiger partial charge in [-0.2, -0.15) is 0 Å². The molecule has 0 aliphatic rings. The Morgan fingerprint density at radius 3 is 2.47 bits per heavy atom. The lowest BCUT2D eigenvalue weighted by molar-refractivity contribution is -0.870. The van der Waals surface area contributed by atoms with E-state index in [4.69, 9.17) is 4.52 Å². The second-order valence-corrected chi connectivity index (χ2v) is 5.61. The van der Waals surface area contributed by atoms with Crippen molar-refractivity contribution in [3.8, 4) is 0 Å². The van der Waals surface area contributed by atoms with Gasteiger partial charge in [-0.1, -0.05) is 6.92 Å². The lowest BCUT2D eigenvalue weighted by Crippen LogP contribution is -2.37. The SMILES string of the molecule is CCC=COP(=O)(O)OCC[N+](C)(C)C. The Morgan fingerprint density at radius 1 is 1.40 bits per heavy atom. The van der Waals surface area contributed by atoms with Crippen LogP contribution in [0.3, 0.4) is 0 Å². The minimum absolute atomic E-state index is 0.192. The van der Waals surface area contributed by atoms with Crippen LogP contribution in [0.15, 0.2) is 12.3 Å². The molecule has 5 nitrogen and oxygen atoms in total. The number of hydrogen-bond donors (Lipinski definition) is 1. The summed E-state index contributed by atoms with van der Waals surface area (Å²) < 4.78 is 21.3. The van der Waals surface area contributed by atoms with Gasteiger partial charge in [-0.3, -0.25) is 9.42 Å². The van der Waals surface area contributed by atoms with Crippen LogP contribution in [0.1, 0.15) is 13.3 Å². The van der Waals surface area contributed by atoms with E-state index in [1.54, 1.807) is 6.08 Å². The Kier molecular flexibility index (Phi) is 6.13. The third-order valence-corrected chi connectivity index (χ3v) is 2.44. The number of likely N-dealkylation sites (N-methyl/N-ethyl adjacent to an activating group) is 1. The molecule has 0 saturated carbocycles. The van der Waals surface area contributed by atoms with E-state index in [0.29, 0.717) is 11.0 Å². The zero-order valence-electron chi connectivity index (χ0n) is 9.84. The quantitative estimate of drug-likeness (QED) is 0.417. The summed E-state index contributed by atoms with van der Waals surface area (Å²) in [6.45, 7) is 2.74. The lowest BCUT2D eigenvalue weighted by atomic mass is 10.5. The van der Waals surface area contributed by atoms with Gasteiger partial charge in [0.25, 0.3) is 0 Å². The molecule has 0 rings (SSSR count). The number of phosphoric ester groups is 1. The molecule has 0 heterocycles. The van der Waals surface area contributed by atoms with Crippen molar-refractivity contribution in [3.05, 3.63) is 12.3 Å². The molecule has 1 unspecified atom stereocenters. The van der Waals surface area contributed by atoms with E-state index in [9.17, 15) is 9.46 Å². The Morgan fingerprint density at radius 2 is 2.00 bits per heavy atom. The number of nitrogens with zero attached hydrogens (tertiary/aromatic N) is 1. The fraction of sp³-hybridized carbons (Fsp3) is 0.778. The molecule has 1 atom stereocenters. The van der Waals surface area contributed by atoms with Gasteiger partial charge in [-0.15, -0.1) is 0 Å². The fourth-order valence-corrected chi connectivity index (χ4v) is 1.29. The van der Waals surface area contributed by atoms with E-state index < -0.39 is 7.82 Å². The van der Waals surface area contributed by atoms with Gasteiger partial charge in [0.05, 0.1) is 27.4 Å². The van der Waals surface area contributed by atoms with Crippen LogP contribution in [0.4, 0.5) is 0 Å². The van der Waals surface area contributed by atoms with Gasteiger partial charge in [0, 0.05) is 0 Å². The third-order valence-electron chi connectivity index (χ3n) is 1.54. The van der Waals surface area contributed by atoms with Crippen molar-refractivity contribution in [2.75, 3.05) is 34.3 Å². The summed E-state index contributed by atoms with van der Waals surface area (Å²) in [5, 5.41) is 0. The van der Waals surface area contributed by atoms with Crippen molar-refractivity contribution in [1.82, 2.24) is 0 Å². The molecule has 0 aromatic heterocycles. The maximum atomic E-state index is 11.2. The molecule has 0 bridgehead atoms. The molecule has 90 valence electrons. The van der Waals surface area contributed by atoms with Gasteiger partial charge in [0.15, 0.2) is 0 Å². The molecule has 6 heteroatoms. The van der Waals surface area contributed by atoms with Crippen LogP contribution in [0.2, 0.25) is 0 Å². The molecular formula is C9H21NO4P+. The summed E-state index contributed by atoms with van der Waals surface area (Å²) in [5.74, 6) is 0. The van der Waals surface area contributed by atoms with Crippen LogP contribution in [0, 0.1) is 0 Å². The Balaban J connectivity index is 3.84. The maximum Gasteiger partial charge on any atom is 0.527 e. The highest BCUT2D eigenvalue weighted by molar-refractivity contribution is 7.47. The first-order chi connectivity index (χ1) is 6.77. The lowest BCUT2D eigenvalue weighted by Gasteiger charge is -2.23. The van der Waals surface area contributed by atoms with Crippen molar-refractivity contribution >= 4 is 7.82 Å². The molecule has 1 N–H and O–H groups in total. The van der Waals surface area contributed by atoms with E-state index in [2.05, 4.69) is 4.52 Å². The summed E-state index contributed by atoms with van der Waals surface area (Å²) in [6.07, 6.45) is 3.59. The highest BCUT2D eigenvalue weighted by Gasteiger charge is 2.21. The molecule has 0 radical (unpaired) electrons. The van der Waals surface area contributed by atoms with Crippen LogP contribution in [0.25, 0.3) is 0 Å². The van der Waals surface area contributed by atoms with Crippen molar-refractivity contribution in [1.29, 1.82) is 0 Å². The second-order valence-electron chi connectivity index (χ2n) is 4.20. The third kappa shape index (κ3) is 9.94. The summed E-state index contributed by atoms with van der Waals surface area (Å²) in [7, 11) is 2.02. The van der Waals surface area contributed by atoms with Gasteiger partial charge in [0.1, 0.15) is 13.2 Å². The Labute approximate surface area is 91.5 Å². The van der Waals surface area contributed by atoms with Crippen molar-refractivity contribution in [2.24, 2.45) is 0 Å². The minimum atomic E-state index is -3.91. The second kappa shape index (κ2) is 6.28. The van der Waals surface area contributed by atoms with Gasteiger partial charge < -0.3 is 9.01 Å². The molecular weight excluding hydrogens is 217 g/mol. The molecule has 0 spiro atoms. The molecule has 0 saturated heterocycles. The number of allylic oxidation sites excluding steroid dienone is 1. The fourth-order valence-electron chi connectivity index (χ4n) is 0.677. The van der Waals surface area contributed by atoms with E-state index in [0.717, 1.165) is 6.42 Å². The predicted octanol–water partition coefficient (Wildman–Crippen LogP) is 1.75. The van der Waals surface area contributed by atoms with Crippen LogP contribution in [-0.2, 0) is 13.6 Å². The van der Waals surface area contributed by atoms with Gasteiger partial charge >= 0.3 is 7.82 Å². The van der Waals surface area contributed by atoms with E-state index in [1.807, 2.05) is 28.1 Å². The van der Waals surface area contributed by atoms with E-state index in [-0.39, 0.29) is 6.61 Å². The molecule has 15 heavy (non-hydrogen) atoms. The van der Waals surface area contributed by atoms with E-state index >= 15 is 0 Å². The van der Waals surface area contributed by atoms with Crippen LogP contribution in [0.5, 0.6) is 0 Å². The average molecular weight is 238 g/mol. The molecule has 0 aromatic carbocycles. The van der Waals surface area contributed by atoms with E-state index in [1.165, 1.54) is 6.26 Å². The van der Waals surface area contributed by atoms with Gasteiger partial charge in [0.2, 0.25) is 0 Å². The number of quaternary nitrogens is 1. The summed E-state index contributed by atoms with van der Waals surface area (Å²) in [4.78, 5) is 9.19. The summed E-state index contributed by atoms with van der Waals surface area (Å²) >= 11 is 0. The highest BCUT2D eigenvalue weighted by atomic mass is 31.2. The standard InChI is InChI=1S/C9H20NO4P/c1-5-6-8-13-15(11,12)14-9-7-10(2,3)4/h6,8H,5,7,9H2,1-4H3/p+1. The number of rotatable bonds is 7. The maximum absolute atomic E-state index is 11.2. The first-order valence-corrected chi connectivity index (χ1v) is 6.37. The van der Waals surface area contributed by atoms with Crippen molar-refractivity contribution in [3.63, 3.8) is 0 Å². The van der Waals surface area contributed by atoms with Gasteiger partial charge in [-0.25, -0.2) is 4.57 Å². The predicted molar refractivity (Wildman–Crippen MR) is 59.2 cm³/mol. The van der Waals surface area contributed by atoms with Crippen molar-refractivity contribution < 1.29 is 23.0 Å². The van der Waals surface area contributed by atoms with Crippen LogP contribution < -0.4 is 0 Å². The zero-order valence-corrected chi connectivity index (χ0v) is 10.7. The zero-order chi connectivity index (χ0) is 11.9. The minimum Gasteiger partial charge on any atom is -0.412 e. The number of hydrogen-bond acceptors (Lipinski definition) is 3. The Hall–Kier alpha value is -0.350. The smallest absolute Gasteiger partial charge is 0.412 e. The molecule has 0 aliphatic heterocycles. The first kappa shape index (κ1) is 14.6. The number of phosphoric acid groups is 1.